The standard InChI is InChI=1S/C15H26N2O3/c1-4-15(5-2)7-9-16(10-15)14(20)17-8-6-11(3)12(17)13(18)19/h11-12H,4-10H2,1-3H3,(H,18,19). The monoisotopic (exact) mass is 282 g/mol. The van der Waals surface area contributed by atoms with E-state index in [9.17, 15) is 14.7 Å². The van der Waals surface area contributed by atoms with Crippen molar-refractivity contribution >= 4 is 12.0 Å². The van der Waals surface area contributed by atoms with E-state index >= 15 is 0 Å². The first-order chi connectivity index (χ1) is 9.44. The molecule has 0 bridgehead atoms. The van der Waals surface area contributed by atoms with Gasteiger partial charge in [-0.2, -0.15) is 0 Å². The number of hydrogen-bond donors (Lipinski definition) is 1. The first kappa shape index (κ1) is 15.1. The van der Waals surface area contributed by atoms with Crippen LogP contribution in [0.4, 0.5) is 4.79 Å². The average Bonchev–Trinajstić information content (AvgIpc) is 3.02. The number of urea groups is 1. The zero-order valence-electron chi connectivity index (χ0n) is 12.8. The van der Waals surface area contributed by atoms with Crippen molar-refractivity contribution in [1.82, 2.24) is 9.80 Å². The highest BCUT2D eigenvalue weighted by atomic mass is 16.4. The third kappa shape index (κ3) is 2.50. The van der Waals surface area contributed by atoms with Crippen LogP contribution in [-0.4, -0.2) is 52.6 Å². The molecule has 2 heterocycles. The fourth-order valence-electron chi connectivity index (χ4n) is 3.65. The van der Waals surface area contributed by atoms with Crippen LogP contribution >= 0.6 is 0 Å². The van der Waals surface area contributed by atoms with Crippen LogP contribution in [0.2, 0.25) is 0 Å². The van der Waals surface area contributed by atoms with Gasteiger partial charge < -0.3 is 14.9 Å². The molecule has 0 spiro atoms. The van der Waals surface area contributed by atoms with E-state index in [0.717, 1.165) is 38.8 Å². The minimum atomic E-state index is -0.875. The largest absolute Gasteiger partial charge is 0.480 e. The Morgan fingerprint density at radius 3 is 2.40 bits per heavy atom. The predicted octanol–water partition coefficient (Wildman–Crippen LogP) is 2.41. The lowest BCUT2D eigenvalue weighted by Crippen LogP contribution is -2.49. The number of carboxylic acids is 1. The van der Waals surface area contributed by atoms with Gasteiger partial charge in [0, 0.05) is 19.6 Å². The molecule has 2 aliphatic rings. The van der Waals surface area contributed by atoms with E-state index in [1.165, 1.54) is 0 Å². The number of aliphatic carboxylic acids is 1. The van der Waals surface area contributed by atoms with E-state index in [-0.39, 0.29) is 17.4 Å². The van der Waals surface area contributed by atoms with Gasteiger partial charge in [-0.1, -0.05) is 20.8 Å². The summed E-state index contributed by atoms with van der Waals surface area (Å²) >= 11 is 0. The molecule has 2 unspecified atom stereocenters. The molecule has 0 aromatic carbocycles. The van der Waals surface area contributed by atoms with Gasteiger partial charge >= 0.3 is 12.0 Å². The molecular formula is C15H26N2O3. The Morgan fingerprint density at radius 2 is 1.90 bits per heavy atom. The lowest BCUT2D eigenvalue weighted by Gasteiger charge is -2.30. The smallest absolute Gasteiger partial charge is 0.326 e. The van der Waals surface area contributed by atoms with Crippen LogP contribution in [0.3, 0.4) is 0 Å². The lowest BCUT2D eigenvalue weighted by molar-refractivity contribution is -0.142. The normalized spacial score (nSPS) is 28.9. The van der Waals surface area contributed by atoms with Crippen LogP contribution in [0.15, 0.2) is 0 Å². The van der Waals surface area contributed by atoms with Gasteiger partial charge in [0.25, 0.3) is 0 Å². The molecule has 2 rings (SSSR count). The van der Waals surface area contributed by atoms with E-state index in [0.29, 0.717) is 6.54 Å². The van der Waals surface area contributed by atoms with Crippen LogP contribution in [0.25, 0.3) is 0 Å². The molecule has 2 aliphatic heterocycles. The lowest BCUT2D eigenvalue weighted by atomic mass is 9.82. The van der Waals surface area contributed by atoms with Gasteiger partial charge in [-0.05, 0) is 37.0 Å². The van der Waals surface area contributed by atoms with Gasteiger partial charge in [0.05, 0.1) is 0 Å². The van der Waals surface area contributed by atoms with Crippen LogP contribution in [0.1, 0.15) is 46.5 Å². The summed E-state index contributed by atoms with van der Waals surface area (Å²) in [7, 11) is 0. The summed E-state index contributed by atoms with van der Waals surface area (Å²) in [5.41, 5.74) is 0.236. The number of carbonyl (C=O) groups is 2. The molecule has 20 heavy (non-hydrogen) atoms. The third-order valence-corrected chi connectivity index (χ3v) is 5.41. The zero-order chi connectivity index (χ0) is 14.9. The molecule has 1 N–H and O–H groups in total. The Morgan fingerprint density at radius 1 is 1.25 bits per heavy atom. The van der Waals surface area contributed by atoms with Gasteiger partial charge in [0.15, 0.2) is 0 Å². The second-order valence-corrected chi connectivity index (χ2v) is 6.40. The molecule has 2 fully saturated rings. The molecule has 0 aromatic heterocycles. The molecule has 2 atom stereocenters. The number of rotatable bonds is 3. The molecule has 114 valence electrons. The maximum atomic E-state index is 12.6. The summed E-state index contributed by atoms with van der Waals surface area (Å²) < 4.78 is 0. The van der Waals surface area contributed by atoms with E-state index < -0.39 is 12.0 Å². The summed E-state index contributed by atoms with van der Waals surface area (Å²) in [5, 5.41) is 9.33. The summed E-state index contributed by atoms with van der Waals surface area (Å²) in [4.78, 5) is 27.4. The molecule has 5 nitrogen and oxygen atoms in total. The highest BCUT2D eigenvalue weighted by molar-refractivity contribution is 5.83. The number of nitrogens with zero attached hydrogens (tertiary/aromatic N) is 2. The zero-order valence-corrected chi connectivity index (χ0v) is 12.8. The van der Waals surface area contributed by atoms with Gasteiger partial charge in [0.2, 0.25) is 0 Å². The molecule has 0 radical (unpaired) electrons. The van der Waals surface area contributed by atoms with Crippen LogP contribution < -0.4 is 0 Å². The van der Waals surface area contributed by atoms with E-state index in [1.807, 2.05) is 11.8 Å². The fourth-order valence-corrected chi connectivity index (χ4v) is 3.65. The van der Waals surface area contributed by atoms with Gasteiger partial charge in [-0.3, -0.25) is 0 Å². The topological polar surface area (TPSA) is 60.9 Å². The highest BCUT2D eigenvalue weighted by Crippen LogP contribution is 2.38. The third-order valence-electron chi connectivity index (χ3n) is 5.41. The highest BCUT2D eigenvalue weighted by Gasteiger charge is 2.44. The number of carbonyl (C=O) groups excluding carboxylic acids is 1. The number of hydrogen-bond acceptors (Lipinski definition) is 2. The molecule has 0 aliphatic carbocycles. The summed E-state index contributed by atoms with van der Waals surface area (Å²) in [6.45, 7) is 8.37. The van der Waals surface area contributed by atoms with Crippen molar-refractivity contribution in [2.24, 2.45) is 11.3 Å². The molecule has 2 saturated heterocycles. The fraction of sp³-hybridized carbons (Fsp3) is 0.867. The van der Waals surface area contributed by atoms with Crippen molar-refractivity contribution in [2.75, 3.05) is 19.6 Å². The number of likely N-dealkylation sites (tertiary alicyclic amines) is 2. The van der Waals surface area contributed by atoms with E-state index in [4.69, 9.17) is 0 Å². The molecule has 5 heteroatoms. The summed E-state index contributed by atoms with van der Waals surface area (Å²) in [6.07, 6.45) is 3.97. The van der Waals surface area contributed by atoms with Crippen LogP contribution in [-0.2, 0) is 4.79 Å². The SMILES string of the molecule is CCC1(CC)CCN(C(=O)N2CCC(C)C2C(=O)O)C1. The maximum Gasteiger partial charge on any atom is 0.326 e. The molecule has 0 aromatic rings. The van der Waals surface area contributed by atoms with E-state index in [1.54, 1.807) is 4.90 Å². The second kappa shape index (κ2) is 5.62. The van der Waals surface area contributed by atoms with Gasteiger partial charge in [0.1, 0.15) is 6.04 Å². The Kier molecular flexibility index (Phi) is 4.25. The second-order valence-electron chi connectivity index (χ2n) is 6.40. The predicted molar refractivity (Wildman–Crippen MR) is 76.5 cm³/mol. The minimum Gasteiger partial charge on any atom is -0.480 e. The molecule has 2 amide bonds. The van der Waals surface area contributed by atoms with Gasteiger partial charge in [-0.25, -0.2) is 9.59 Å². The Bertz CT molecular complexity index is 393. The summed E-state index contributed by atoms with van der Waals surface area (Å²) in [5.74, 6) is -0.832. The van der Waals surface area contributed by atoms with Crippen molar-refractivity contribution in [1.29, 1.82) is 0 Å². The van der Waals surface area contributed by atoms with Crippen LogP contribution in [0.5, 0.6) is 0 Å². The van der Waals surface area contributed by atoms with Crippen molar-refractivity contribution in [3.63, 3.8) is 0 Å². The quantitative estimate of drug-likeness (QED) is 0.864. The number of carboxylic acid groups (broad SMARTS) is 1. The average molecular weight is 282 g/mol. The Balaban J connectivity index is 2.07. The summed E-state index contributed by atoms with van der Waals surface area (Å²) in [6, 6.07) is -0.730. The number of amides is 2. The first-order valence-electron chi connectivity index (χ1n) is 7.72. The molecule has 0 saturated carbocycles. The van der Waals surface area contributed by atoms with Crippen molar-refractivity contribution in [2.45, 2.75) is 52.5 Å². The Hall–Kier alpha value is -1.26. The minimum absolute atomic E-state index is 0.0427. The van der Waals surface area contributed by atoms with E-state index in [2.05, 4.69) is 13.8 Å². The van der Waals surface area contributed by atoms with Crippen molar-refractivity contribution < 1.29 is 14.7 Å². The maximum absolute atomic E-state index is 12.6. The van der Waals surface area contributed by atoms with Crippen molar-refractivity contribution in [3.8, 4) is 0 Å². The van der Waals surface area contributed by atoms with Gasteiger partial charge in [-0.15, -0.1) is 0 Å². The van der Waals surface area contributed by atoms with Crippen molar-refractivity contribution in [3.05, 3.63) is 0 Å². The van der Waals surface area contributed by atoms with Crippen LogP contribution in [0, 0.1) is 11.3 Å². The molecular weight excluding hydrogens is 256 g/mol. The Labute approximate surface area is 120 Å². The first-order valence-corrected chi connectivity index (χ1v) is 7.72.